The van der Waals surface area contributed by atoms with Crippen molar-refractivity contribution < 1.29 is 9.59 Å². The molecule has 4 heteroatoms. The van der Waals surface area contributed by atoms with Gasteiger partial charge in [-0.2, -0.15) is 0 Å². The second-order valence-corrected chi connectivity index (χ2v) is 3.44. The topological polar surface area (TPSA) is 46.2 Å². The summed E-state index contributed by atoms with van der Waals surface area (Å²) in [6, 6.07) is 8.99. The number of hydrogen-bond acceptors (Lipinski definition) is 2. The summed E-state index contributed by atoms with van der Waals surface area (Å²) in [4.78, 5) is 22.7. The normalized spacial score (nSPS) is 11.9. The number of carbonyl (C=O) groups is 2. The zero-order chi connectivity index (χ0) is 11.3. The van der Waals surface area contributed by atoms with Gasteiger partial charge in [0.2, 0.25) is 5.91 Å². The molecule has 0 saturated heterocycles. The molecule has 1 atom stereocenters. The Kier molecular flexibility index (Phi) is 4.31. The fraction of sp³-hybridized carbons (Fsp3) is 0.273. The first-order chi connectivity index (χ1) is 7.15. The highest BCUT2D eigenvalue weighted by atomic mass is 35.5. The number of halogens is 1. The van der Waals surface area contributed by atoms with E-state index in [1.807, 2.05) is 18.2 Å². The van der Waals surface area contributed by atoms with Gasteiger partial charge < -0.3 is 5.32 Å². The van der Waals surface area contributed by atoms with Crippen molar-refractivity contribution in [2.45, 2.75) is 6.92 Å². The highest BCUT2D eigenvalue weighted by molar-refractivity contribution is 6.30. The Balaban J connectivity index is 2.60. The maximum atomic E-state index is 11.5. The second-order valence-electron chi connectivity index (χ2n) is 3.18. The number of ketones is 1. The lowest BCUT2D eigenvalue weighted by atomic mass is 10.1. The minimum atomic E-state index is -0.706. The van der Waals surface area contributed by atoms with Crippen LogP contribution >= 0.6 is 11.6 Å². The van der Waals surface area contributed by atoms with Gasteiger partial charge in [-0.05, 0) is 19.1 Å². The SMILES string of the molecule is CC(C(=O)CCl)C(=O)Nc1ccccc1. The average Bonchev–Trinajstić information content (AvgIpc) is 2.28. The van der Waals surface area contributed by atoms with Crippen molar-refractivity contribution in [2.24, 2.45) is 5.92 Å². The predicted octanol–water partition coefficient (Wildman–Crippen LogP) is 2.07. The van der Waals surface area contributed by atoms with Crippen LogP contribution in [0.2, 0.25) is 0 Å². The molecule has 80 valence electrons. The van der Waals surface area contributed by atoms with E-state index < -0.39 is 5.92 Å². The molecule has 0 aliphatic heterocycles. The van der Waals surface area contributed by atoms with E-state index in [0.29, 0.717) is 5.69 Å². The molecule has 1 amide bonds. The molecule has 0 fully saturated rings. The molecule has 0 saturated carbocycles. The van der Waals surface area contributed by atoms with Crippen LogP contribution in [0.1, 0.15) is 6.92 Å². The average molecular weight is 226 g/mol. The molecule has 0 aliphatic rings. The van der Waals surface area contributed by atoms with E-state index in [1.54, 1.807) is 19.1 Å². The van der Waals surface area contributed by atoms with Gasteiger partial charge in [0.15, 0.2) is 5.78 Å². The fourth-order valence-corrected chi connectivity index (χ4v) is 1.27. The summed E-state index contributed by atoms with van der Waals surface area (Å²) in [5.41, 5.74) is 0.678. The molecule has 0 radical (unpaired) electrons. The number of rotatable bonds is 4. The zero-order valence-electron chi connectivity index (χ0n) is 8.37. The van der Waals surface area contributed by atoms with Crippen LogP contribution in [-0.2, 0) is 9.59 Å². The van der Waals surface area contributed by atoms with Crippen LogP contribution in [0.3, 0.4) is 0 Å². The van der Waals surface area contributed by atoms with E-state index >= 15 is 0 Å². The molecule has 1 aromatic carbocycles. The molecule has 1 rings (SSSR count). The number of nitrogens with one attached hydrogen (secondary N) is 1. The standard InChI is InChI=1S/C11H12ClNO2/c1-8(10(14)7-12)11(15)13-9-5-3-2-4-6-9/h2-6,8H,7H2,1H3,(H,13,15). The lowest BCUT2D eigenvalue weighted by molar-refractivity contribution is -0.128. The molecule has 0 bridgehead atoms. The summed E-state index contributed by atoms with van der Waals surface area (Å²) in [6.45, 7) is 1.54. The summed E-state index contributed by atoms with van der Waals surface area (Å²) in [5.74, 6) is -1.44. The van der Waals surface area contributed by atoms with Gasteiger partial charge in [0, 0.05) is 5.69 Å². The fourth-order valence-electron chi connectivity index (χ4n) is 1.03. The van der Waals surface area contributed by atoms with Crippen molar-refractivity contribution in [3.05, 3.63) is 30.3 Å². The van der Waals surface area contributed by atoms with Gasteiger partial charge in [-0.25, -0.2) is 0 Å². The molecular weight excluding hydrogens is 214 g/mol. The number of alkyl halides is 1. The predicted molar refractivity (Wildman–Crippen MR) is 60.0 cm³/mol. The first-order valence-corrected chi connectivity index (χ1v) is 5.13. The van der Waals surface area contributed by atoms with E-state index in [1.165, 1.54) is 0 Å². The maximum absolute atomic E-state index is 11.5. The van der Waals surface area contributed by atoms with E-state index in [9.17, 15) is 9.59 Å². The monoisotopic (exact) mass is 225 g/mol. The van der Waals surface area contributed by atoms with Crippen molar-refractivity contribution in [1.29, 1.82) is 0 Å². The van der Waals surface area contributed by atoms with Gasteiger partial charge >= 0.3 is 0 Å². The minimum Gasteiger partial charge on any atom is -0.325 e. The lowest BCUT2D eigenvalue weighted by Gasteiger charge is -2.09. The van der Waals surface area contributed by atoms with E-state index in [2.05, 4.69) is 5.32 Å². The largest absolute Gasteiger partial charge is 0.325 e. The van der Waals surface area contributed by atoms with Crippen molar-refractivity contribution in [3.8, 4) is 0 Å². The van der Waals surface area contributed by atoms with Crippen LogP contribution in [-0.4, -0.2) is 17.6 Å². The van der Waals surface area contributed by atoms with E-state index in [4.69, 9.17) is 11.6 Å². The summed E-state index contributed by atoms with van der Waals surface area (Å²) in [5, 5.41) is 2.64. The van der Waals surface area contributed by atoms with Gasteiger partial charge in [-0.15, -0.1) is 11.6 Å². The number of amides is 1. The minimum absolute atomic E-state index is 0.136. The maximum Gasteiger partial charge on any atom is 0.234 e. The number of Topliss-reactive ketones (excluding diaryl/α,β-unsaturated/α-hetero) is 1. The molecule has 0 aliphatic carbocycles. The molecule has 1 unspecified atom stereocenters. The van der Waals surface area contributed by atoms with Crippen molar-refractivity contribution in [1.82, 2.24) is 0 Å². The number of para-hydroxylation sites is 1. The quantitative estimate of drug-likeness (QED) is 0.630. The first kappa shape index (κ1) is 11.7. The molecular formula is C11H12ClNO2. The van der Waals surface area contributed by atoms with Crippen molar-refractivity contribution in [2.75, 3.05) is 11.2 Å². The van der Waals surface area contributed by atoms with Crippen molar-refractivity contribution in [3.63, 3.8) is 0 Å². The van der Waals surface area contributed by atoms with Crippen LogP contribution in [0.15, 0.2) is 30.3 Å². The van der Waals surface area contributed by atoms with Crippen LogP contribution in [0.25, 0.3) is 0 Å². The van der Waals surface area contributed by atoms with Crippen LogP contribution in [0, 0.1) is 5.92 Å². The van der Waals surface area contributed by atoms with Crippen LogP contribution < -0.4 is 5.32 Å². The molecule has 0 aromatic heterocycles. The molecule has 0 heterocycles. The number of carbonyl (C=O) groups excluding carboxylic acids is 2. The van der Waals surface area contributed by atoms with Crippen LogP contribution in [0.5, 0.6) is 0 Å². The zero-order valence-corrected chi connectivity index (χ0v) is 9.12. The second kappa shape index (κ2) is 5.51. The van der Waals surface area contributed by atoms with Gasteiger partial charge in [-0.3, -0.25) is 9.59 Å². The summed E-state index contributed by atoms with van der Waals surface area (Å²) in [7, 11) is 0. The highest BCUT2D eigenvalue weighted by Crippen LogP contribution is 2.08. The Morgan fingerprint density at radius 2 is 1.93 bits per heavy atom. The Labute approximate surface area is 93.4 Å². The Morgan fingerprint density at radius 3 is 2.47 bits per heavy atom. The van der Waals surface area contributed by atoms with E-state index in [-0.39, 0.29) is 17.6 Å². The number of hydrogen-bond donors (Lipinski definition) is 1. The lowest BCUT2D eigenvalue weighted by Crippen LogP contribution is -2.27. The Morgan fingerprint density at radius 1 is 1.33 bits per heavy atom. The summed E-state index contributed by atoms with van der Waals surface area (Å²) < 4.78 is 0. The third-order valence-electron chi connectivity index (χ3n) is 2.05. The van der Waals surface area contributed by atoms with Gasteiger partial charge in [0.05, 0.1) is 11.8 Å². The molecule has 15 heavy (non-hydrogen) atoms. The molecule has 3 nitrogen and oxygen atoms in total. The smallest absolute Gasteiger partial charge is 0.234 e. The van der Waals surface area contributed by atoms with Gasteiger partial charge in [-0.1, -0.05) is 18.2 Å². The van der Waals surface area contributed by atoms with Gasteiger partial charge in [0.1, 0.15) is 0 Å². The third-order valence-corrected chi connectivity index (χ3v) is 2.31. The van der Waals surface area contributed by atoms with Gasteiger partial charge in [0.25, 0.3) is 0 Å². The third kappa shape index (κ3) is 3.36. The number of benzene rings is 1. The Hall–Kier alpha value is -1.35. The van der Waals surface area contributed by atoms with Crippen molar-refractivity contribution >= 4 is 29.0 Å². The van der Waals surface area contributed by atoms with E-state index in [0.717, 1.165) is 0 Å². The summed E-state index contributed by atoms with van der Waals surface area (Å²) in [6.07, 6.45) is 0. The highest BCUT2D eigenvalue weighted by Gasteiger charge is 2.20. The molecule has 0 spiro atoms. The molecule has 1 N–H and O–H groups in total. The first-order valence-electron chi connectivity index (χ1n) is 4.59. The Bertz CT molecular complexity index is 351. The summed E-state index contributed by atoms with van der Waals surface area (Å²) >= 11 is 5.36. The molecule has 1 aromatic rings. The number of anilines is 1. The van der Waals surface area contributed by atoms with Crippen LogP contribution in [0.4, 0.5) is 5.69 Å².